The first-order valence-electron chi connectivity index (χ1n) is 5.69. The quantitative estimate of drug-likeness (QED) is 0.734. The van der Waals surface area contributed by atoms with Crippen molar-refractivity contribution >= 4 is 29.0 Å². The van der Waals surface area contributed by atoms with Crippen LogP contribution in [0, 0.1) is 0 Å². The number of hydrogen-bond acceptors (Lipinski definition) is 1. The second-order valence-corrected chi connectivity index (χ2v) is 4.87. The molecule has 2 aromatic carbocycles. The molecule has 18 heavy (non-hydrogen) atoms. The molecule has 0 saturated carbocycles. The summed E-state index contributed by atoms with van der Waals surface area (Å²) in [5.41, 5.74) is 1.64. The van der Waals surface area contributed by atoms with E-state index < -0.39 is 0 Å². The highest BCUT2D eigenvalue weighted by Gasteiger charge is 2.07. The highest BCUT2D eigenvalue weighted by Crippen LogP contribution is 2.22. The van der Waals surface area contributed by atoms with Gasteiger partial charge in [-0.15, -0.1) is 0 Å². The lowest BCUT2D eigenvalue weighted by atomic mass is 10.0. The van der Waals surface area contributed by atoms with Crippen molar-refractivity contribution in [1.29, 1.82) is 0 Å². The van der Waals surface area contributed by atoms with E-state index in [0.717, 1.165) is 11.1 Å². The molecule has 0 unspecified atom stereocenters. The Hall–Kier alpha value is -1.31. The molecule has 0 saturated heterocycles. The minimum Gasteiger partial charge on any atom is -0.294 e. The molecule has 0 aliphatic carbocycles. The zero-order chi connectivity index (χ0) is 13.0. The Morgan fingerprint density at radius 3 is 2.44 bits per heavy atom. The van der Waals surface area contributed by atoms with Gasteiger partial charge in [-0.3, -0.25) is 4.79 Å². The maximum Gasteiger partial charge on any atom is 0.163 e. The molecule has 0 aromatic heterocycles. The Balaban J connectivity index is 2.04. The Morgan fingerprint density at radius 2 is 1.72 bits per heavy atom. The van der Waals surface area contributed by atoms with E-state index >= 15 is 0 Å². The van der Waals surface area contributed by atoms with Crippen LogP contribution in [0.4, 0.5) is 0 Å². The number of carbonyl (C=O) groups excluding carboxylic acids is 1. The van der Waals surface area contributed by atoms with Gasteiger partial charge in [0.25, 0.3) is 0 Å². The summed E-state index contributed by atoms with van der Waals surface area (Å²) in [5.74, 6) is 0.117. The second-order valence-electron chi connectivity index (χ2n) is 4.02. The predicted octanol–water partition coefficient (Wildman–Crippen LogP) is 4.81. The van der Waals surface area contributed by atoms with Crippen molar-refractivity contribution in [2.24, 2.45) is 0 Å². The van der Waals surface area contributed by atoms with Gasteiger partial charge in [-0.2, -0.15) is 0 Å². The molecule has 0 spiro atoms. The van der Waals surface area contributed by atoms with E-state index in [2.05, 4.69) is 0 Å². The summed E-state index contributed by atoms with van der Waals surface area (Å²) in [5, 5.41) is 1.29. The van der Waals surface area contributed by atoms with Gasteiger partial charge in [0, 0.05) is 22.0 Å². The third-order valence-electron chi connectivity index (χ3n) is 2.72. The van der Waals surface area contributed by atoms with Crippen molar-refractivity contribution in [3.63, 3.8) is 0 Å². The summed E-state index contributed by atoms with van der Waals surface area (Å²) in [7, 11) is 0. The average Bonchev–Trinajstić information content (AvgIpc) is 2.40. The summed E-state index contributed by atoms with van der Waals surface area (Å²) in [4.78, 5) is 11.9. The topological polar surface area (TPSA) is 17.1 Å². The van der Waals surface area contributed by atoms with Crippen molar-refractivity contribution in [2.45, 2.75) is 12.8 Å². The van der Waals surface area contributed by atoms with Crippen LogP contribution in [0.5, 0.6) is 0 Å². The molecule has 2 aromatic rings. The molecule has 2 rings (SSSR count). The van der Waals surface area contributed by atoms with Gasteiger partial charge >= 0.3 is 0 Å². The van der Waals surface area contributed by atoms with E-state index in [1.54, 1.807) is 12.1 Å². The molecule has 92 valence electrons. The lowest BCUT2D eigenvalue weighted by Gasteiger charge is -2.04. The Labute approximate surface area is 116 Å². The maximum atomic E-state index is 11.9. The Morgan fingerprint density at radius 1 is 1.00 bits per heavy atom. The molecule has 1 nitrogen and oxygen atoms in total. The molecule has 0 fully saturated rings. The molecule has 0 aliphatic rings. The van der Waals surface area contributed by atoms with Gasteiger partial charge in [-0.05, 0) is 30.2 Å². The molecule has 3 heteroatoms. The molecule has 0 bridgehead atoms. The van der Waals surface area contributed by atoms with Crippen LogP contribution in [0.15, 0.2) is 48.5 Å². The molecule has 0 N–H and O–H groups in total. The fourth-order valence-corrected chi connectivity index (χ4v) is 2.16. The summed E-state index contributed by atoms with van der Waals surface area (Å²) in [6, 6.07) is 14.6. The van der Waals surface area contributed by atoms with E-state index in [-0.39, 0.29) is 5.78 Å². The lowest BCUT2D eigenvalue weighted by Crippen LogP contribution is -2.01. The molecule has 0 heterocycles. The number of benzene rings is 2. The van der Waals surface area contributed by atoms with Crippen LogP contribution >= 0.6 is 23.2 Å². The van der Waals surface area contributed by atoms with Gasteiger partial charge in [0.05, 0.1) is 0 Å². The van der Waals surface area contributed by atoms with E-state index in [4.69, 9.17) is 23.2 Å². The minimum atomic E-state index is 0.117. The number of rotatable bonds is 4. The molecule has 0 atom stereocenters. The SMILES string of the molecule is O=C(CCc1cc(Cl)ccc1Cl)c1ccccc1. The number of Topliss-reactive ketones (excluding diaryl/α,β-unsaturated/α-hetero) is 1. The molecular formula is C15H12Cl2O. The van der Waals surface area contributed by atoms with Crippen molar-refractivity contribution in [3.05, 3.63) is 69.7 Å². The minimum absolute atomic E-state index is 0.117. The molecular weight excluding hydrogens is 267 g/mol. The van der Waals surface area contributed by atoms with E-state index in [1.807, 2.05) is 36.4 Å². The van der Waals surface area contributed by atoms with Crippen molar-refractivity contribution in [1.82, 2.24) is 0 Å². The van der Waals surface area contributed by atoms with E-state index in [0.29, 0.717) is 22.9 Å². The number of carbonyl (C=O) groups is 1. The molecule has 0 radical (unpaired) electrons. The largest absolute Gasteiger partial charge is 0.294 e. The highest BCUT2D eigenvalue weighted by atomic mass is 35.5. The maximum absolute atomic E-state index is 11.9. The van der Waals surface area contributed by atoms with Crippen LogP contribution in [0.2, 0.25) is 10.0 Å². The van der Waals surface area contributed by atoms with Crippen molar-refractivity contribution in [2.75, 3.05) is 0 Å². The Kier molecular flexibility index (Phi) is 4.40. The first-order chi connectivity index (χ1) is 8.66. The van der Waals surface area contributed by atoms with Crippen LogP contribution in [-0.4, -0.2) is 5.78 Å². The van der Waals surface area contributed by atoms with Crippen LogP contribution in [0.3, 0.4) is 0 Å². The Bertz CT molecular complexity index is 550. The van der Waals surface area contributed by atoms with E-state index in [1.165, 1.54) is 0 Å². The first-order valence-corrected chi connectivity index (χ1v) is 6.44. The number of hydrogen-bond donors (Lipinski definition) is 0. The summed E-state index contributed by atoms with van der Waals surface area (Å²) < 4.78 is 0. The van der Waals surface area contributed by atoms with Crippen LogP contribution < -0.4 is 0 Å². The van der Waals surface area contributed by atoms with E-state index in [9.17, 15) is 4.79 Å². The van der Waals surface area contributed by atoms with Gasteiger partial charge < -0.3 is 0 Å². The zero-order valence-electron chi connectivity index (χ0n) is 9.70. The molecule has 0 amide bonds. The summed E-state index contributed by atoms with van der Waals surface area (Å²) >= 11 is 12.0. The standard InChI is InChI=1S/C15H12Cl2O/c16-13-7-8-14(17)12(10-13)6-9-15(18)11-4-2-1-3-5-11/h1-5,7-8,10H,6,9H2. The lowest BCUT2D eigenvalue weighted by molar-refractivity contribution is 0.0983. The first kappa shape index (κ1) is 13.1. The van der Waals surface area contributed by atoms with Gasteiger partial charge in [-0.1, -0.05) is 53.5 Å². The van der Waals surface area contributed by atoms with Crippen LogP contribution in [0.25, 0.3) is 0 Å². The van der Waals surface area contributed by atoms with Crippen LogP contribution in [-0.2, 0) is 6.42 Å². The van der Waals surface area contributed by atoms with Gasteiger partial charge in [-0.25, -0.2) is 0 Å². The smallest absolute Gasteiger partial charge is 0.163 e. The third-order valence-corrected chi connectivity index (χ3v) is 3.33. The van der Waals surface area contributed by atoms with Crippen LogP contribution in [0.1, 0.15) is 22.3 Å². The fraction of sp³-hybridized carbons (Fsp3) is 0.133. The number of halogens is 2. The number of aryl methyl sites for hydroxylation is 1. The summed E-state index contributed by atoms with van der Waals surface area (Å²) in [6.07, 6.45) is 1.04. The van der Waals surface area contributed by atoms with Gasteiger partial charge in [0.1, 0.15) is 0 Å². The highest BCUT2D eigenvalue weighted by molar-refractivity contribution is 6.33. The third kappa shape index (κ3) is 3.34. The number of ketones is 1. The fourth-order valence-electron chi connectivity index (χ4n) is 1.75. The zero-order valence-corrected chi connectivity index (χ0v) is 11.2. The molecule has 0 aliphatic heterocycles. The van der Waals surface area contributed by atoms with Crippen molar-refractivity contribution in [3.8, 4) is 0 Å². The second kappa shape index (κ2) is 6.03. The average molecular weight is 279 g/mol. The summed E-state index contributed by atoms with van der Waals surface area (Å²) in [6.45, 7) is 0. The predicted molar refractivity (Wildman–Crippen MR) is 75.6 cm³/mol. The normalized spacial score (nSPS) is 10.3. The van der Waals surface area contributed by atoms with Crippen molar-refractivity contribution < 1.29 is 4.79 Å². The van der Waals surface area contributed by atoms with Gasteiger partial charge in [0.2, 0.25) is 0 Å². The van der Waals surface area contributed by atoms with Gasteiger partial charge in [0.15, 0.2) is 5.78 Å². The monoisotopic (exact) mass is 278 g/mol.